The molecule has 2 unspecified atom stereocenters. The molecule has 4 aliphatic heterocycles. The van der Waals surface area contributed by atoms with Gasteiger partial charge in [-0.05, 0) is 31.4 Å². The number of aliphatic imine (C=N–C) groups is 1. The van der Waals surface area contributed by atoms with Gasteiger partial charge in [-0.1, -0.05) is 18.2 Å². The number of rotatable bonds is 2. The van der Waals surface area contributed by atoms with Gasteiger partial charge < -0.3 is 9.84 Å². The van der Waals surface area contributed by atoms with Crippen LogP contribution >= 0.6 is 0 Å². The van der Waals surface area contributed by atoms with Crippen LogP contribution in [0.25, 0.3) is 0 Å². The van der Waals surface area contributed by atoms with E-state index in [4.69, 9.17) is 14.6 Å². The summed E-state index contributed by atoms with van der Waals surface area (Å²) in [4.78, 5) is 36.6. The predicted octanol–water partition coefficient (Wildman–Crippen LogP) is 1.05. The van der Waals surface area contributed by atoms with Gasteiger partial charge in [-0.2, -0.15) is 5.06 Å². The summed E-state index contributed by atoms with van der Waals surface area (Å²) in [5, 5.41) is 13.8. The molecule has 3 saturated heterocycles. The van der Waals surface area contributed by atoms with Crippen molar-refractivity contribution in [2.45, 2.75) is 54.9 Å². The number of carbonyl (C=O) groups is 2. The number of carbonyl (C=O) groups excluding carboxylic acids is 2. The molecule has 4 bridgehead atoms. The molecule has 7 nitrogen and oxygen atoms in total. The molecule has 0 aromatic heterocycles. The van der Waals surface area contributed by atoms with E-state index < -0.39 is 28.5 Å². The van der Waals surface area contributed by atoms with Gasteiger partial charge in [0.2, 0.25) is 5.60 Å². The second-order valence-corrected chi connectivity index (χ2v) is 8.47. The maximum atomic E-state index is 12.9. The Kier molecular flexibility index (Phi) is 2.64. The van der Waals surface area contributed by atoms with E-state index in [0.717, 1.165) is 11.3 Å². The lowest BCUT2D eigenvalue weighted by atomic mass is 9.51. The fraction of sp³-hybridized carbons (Fsp3) is 0.550. The molecule has 140 valence electrons. The Morgan fingerprint density at radius 3 is 2.85 bits per heavy atom. The highest BCUT2D eigenvalue weighted by Gasteiger charge is 2.81. The van der Waals surface area contributed by atoms with Crippen molar-refractivity contribution in [3.8, 4) is 0 Å². The first kappa shape index (κ1) is 15.9. The Hall–Kier alpha value is -2.09. The molecule has 0 amide bonds. The molecule has 1 aromatic rings. The van der Waals surface area contributed by atoms with Gasteiger partial charge in [0.15, 0.2) is 11.4 Å². The molecule has 4 heterocycles. The summed E-state index contributed by atoms with van der Waals surface area (Å²) in [5.74, 6) is -1.63. The average molecular weight is 368 g/mol. The molecule has 0 radical (unpaired) electrons. The first-order chi connectivity index (χ1) is 12.9. The van der Waals surface area contributed by atoms with Crippen LogP contribution < -0.4 is 0 Å². The number of aliphatic hydroxyl groups is 1. The highest BCUT2D eigenvalue weighted by molar-refractivity contribution is 6.20. The van der Waals surface area contributed by atoms with Gasteiger partial charge in [-0.15, -0.1) is 0 Å². The summed E-state index contributed by atoms with van der Waals surface area (Å²) in [7, 11) is 1.26. The quantitative estimate of drug-likeness (QED) is 0.785. The molecular formula is C20H20N2O5. The number of hydrogen-bond donors (Lipinski definition) is 1. The molecule has 6 rings (SSSR count). The number of benzene rings is 1. The van der Waals surface area contributed by atoms with Gasteiger partial charge in [0.1, 0.15) is 0 Å². The number of ether oxygens (including phenoxy) is 1. The minimum Gasteiger partial charge on any atom is -0.467 e. The molecule has 7 heteroatoms. The Balaban J connectivity index is 1.68. The van der Waals surface area contributed by atoms with Gasteiger partial charge >= 0.3 is 5.97 Å². The van der Waals surface area contributed by atoms with Crippen molar-refractivity contribution in [3.05, 3.63) is 29.8 Å². The Bertz CT molecular complexity index is 955. The minimum absolute atomic E-state index is 0.0465. The molecule has 1 aliphatic carbocycles. The maximum Gasteiger partial charge on any atom is 0.344 e. The van der Waals surface area contributed by atoms with Crippen molar-refractivity contribution in [3.63, 3.8) is 0 Å². The van der Waals surface area contributed by atoms with E-state index in [2.05, 4.69) is 0 Å². The van der Waals surface area contributed by atoms with Gasteiger partial charge in [-0.3, -0.25) is 14.6 Å². The van der Waals surface area contributed by atoms with Gasteiger partial charge in [0.05, 0.1) is 30.0 Å². The van der Waals surface area contributed by atoms with Crippen molar-refractivity contribution in [1.82, 2.24) is 5.06 Å². The summed E-state index contributed by atoms with van der Waals surface area (Å²) in [6, 6.07) is 7.82. The van der Waals surface area contributed by atoms with Crippen LogP contribution in [0.15, 0.2) is 29.3 Å². The zero-order valence-electron chi connectivity index (χ0n) is 15.1. The lowest BCUT2D eigenvalue weighted by Gasteiger charge is -2.57. The Labute approximate surface area is 155 Å². The van der Waals surface area contributed by atoms with E-state index in [1.807, 2.05) is 29.3 Å². The zero-order chi connectivity index (χ0) is 18.8. The smallest absolute Gasteiger partial charge is 0.344 e. The van der Waals surface area contributed by atoms with Crippen LogP contribution in [0.5, 0.6) is 0 Å². The first-order valence-corrected chi connectivity index (χ1v) is 9.38. The molecule has 1 spiro atoms. The predicted molar refractivity (Wildman–Crippen MR) is 93.4 cm³/mol. The number of esters is 1. The lowest BCUT2D eigenvalue weighted by Crippen LogP contribution is -2.75. The third-order valence-electron chi connectivity index (χ3n) is 7.62. The number of Topliss-reactive ketones (excluding diaryl/α,β-unsaturated/α-hetero) is 1. The van der Waals surface area contributed by atoms with Crippen molar-refractivity contribution < 1.29 is 24.3 Å². The van der Waals surface area contributed by atoms with Crippen LogP contribution in [0.4, 0.5) is 5.69 Å². The fourth-order valence-electron chi connectivity index (χ4n) is 6.66. The topological polar surface area (TPSA) is 88.4 Å². The van der Waals surface area contributed by atoms with Gasteiger partial charge in [0, 0.05) is 18.4 Å². The summed E-state index contributed by atoms with van der Waals surface area (Å²) < 4.78 is 5.03. The largest absolute Gasteiger partial charge is 0.467 e. The summed E-state index contributed by atoms with van der Waals surface area (Å²) >= 11 is 0. The van der Waals surface area contributed by atoms with Crippen molar-refractivity contribution >= 4 is 23.2 Å². The summed E-state index contributed by atoms with van der Waals surface area (Å²) in [6.07, 6.45) is 1.66. The molecule has 1 N–H and O–H groups in total. The highest BCUT2D eigenvalue weighted by atomic mass is 16.7. The first-order valence-electron chi connectivity index (χ1n) is 9.38. The van der Waals surface area contributed by atoms with Crippen LogP contribution in [0.2, 0.25) is 0 Å². The minimum atomic E-state index is -1.97. The van der Waals surface area contributed by atoms with E-state index in [0.29, 0.717) is 25.0 Å². The highest BCUT2D eigenvalue weighted by Crippen LogP contribution is 2.68. The van der Waals surface area contributed by atoms with Crippen LogP contribution in [0.3, 0.4) is 0 Å². The van der Waals surface area contributed by atoms with E-state index in [9.17, 15) is 14.7 Å². The number of methoxy groups -OCH3 is 1. The SMILES string of the molecule is COC(=O)[C@@]1(O)C2=Nc3ccccc3[C@@]23C[C@@H]2C[C@]4(C(C)=O)ON2C3CC14. The van der Waals surface area contributed by atoms with E-state index in [1.165, 1.54) is 14.0 Å². The fourth-order valence-corrected chi connectivity index (χ4v) is 6.66. The van der Waals surface area contributed by atoms with Crippen LogP contribution in [0, 0.1) is 5.92 Å². The number of nitrogens with zero attached hydrogens (tertiary/aromatic N) is 2. The molecule has 5 aliphatic rings. The normalized spacial score (nSPS) is 45.4. The third kappa shape index (κ3) is 1.42. The molecular weight excluding hydrogens is 348 g/mol. The van der Waals surface area contributed by atoms with Crippen molar-refractivity contribution in [1.29, 1.82) is 0 Å². The monoisotopic (exact) mass is 368 g/mol. The zero-order valence-corrected chi connectivity index (χ0v) is 15.1. The summed E-state index contributed by atoms with van der Waals surface area (Å²) in [5.41, 5.74) is -1.52. The number of fused-ring (bicyclic) bond motifs is 4. The molecule has 6 atom stereocenters. The van der Waals surface area contributed by atoms with Crippen LogP contribution in [-0.2, 0) is 24.6 Å². The number of para-hydroxylation sites is 1. The van der Waals surface area contributed by atoms with E-state index in [-0.39, 0.29) is 17.9 Å². The van der Waals surface area contributed by atoms with E-state index >= 15 is 0 Å². The van der Waals surface area contributed by atoms with E-state index in [1.54, 1.807) is 0 Å². The third-order valence-corrected chi connectivity index (χ3v) is 7.62. The average Bonchev–Trinajstić information content (AvgIpc) is 3.27. The number of hydroxylamine groups is 2. The lowest BCUT2D eigenvalue weighted by molar-refractivity contribution is -0.280. The standard InChI is InChI=1S/C20H20N2O5/c1-10(23)19-9-11-8-18-12-5-3-4-6-13(12)21-16(18)20(25,17(24)26-2)14(19)7-15(18)22(11)27-19/h3-6,11,14-15,25H,7-9H2,1-2H3/t11-,14?,15?,18-,19-,20+/m1/s1. The second kappa shape index (κ2) is 4.48. The van der Waals surface area contributed by atoms with Crippen molar-refractivity contribution in [2.24, 2.45) is 10.9 Å². The van der Waals surface area contributed by atoms with Gasteiger partial charge in [0.25, 0.3) is 0 Å². The Morgan fingerprint density at radius 1 is 1.33 bits per heavy atom. The second-order valence-electron chi connectivity index (χ2n) is 8.47. The molecule has 1 saturated carbocycles. The molecule has 4 fully saturated rings. The van der Waals surface area contributed by atoms with Crippen LogP contribution in [-0.4, -0.2) is 58.0 Å². The number of ketones is 1. The van der Waals surface area contributed by atoms with Crippen molar-refractivity contribution in [2.75, 3.05) is 7.11 Å². The Morgan fingerprint density at radius 2 is 2.11 bits per heavy atom. The van der Waals surface area contributed by atoms with Crippen LogP contribution in [0.1, 0.15) is 31.7 Å². The maximum absolute atomic E-state index is 12.9. The molecule has 27 heavy (non-hydrogen) atoms. The number of hydrogen-bond acceptors (Lipinski definition) is 7. The molecule has 1 aromatic carbocycles. The van der Waals surface area contributed by atoms with Gasteiger partial charge in [-0.25, -0.2) is 4.79 Å². The summed E-state index contributed by atoms with van der Waals surface area (Å²) in [6.45, 7) is 1.48.